The van der Waals surface area contributed by atoms with Gasteiger partial charge in [0.1, 0.15) is 11.3 Å². The Kier molecular flexibility index (Phi) is 2.33. The van der Waals surface area contributed by atoms with Crippen molar-refractivity contribution in [1.82, 2.24) is 19.5 Å². The Morgan fingerprint density at radius 1 is 1.28 bits per heavy atom. The lowest BCUT2D eigenvalue weighted by Crippen LogP contribution is -2.21. The number of rotatable bonds is 2. The van der Waals surface area contributed by atoms with Gasteiger partial charge in [0, 0.05) is 11.6 Å². The van der Waals surface area contributed by atoms with Crippen LogP contribution in [0.15, 0.2) is 6.33 Å². The van der Waals surface area contributed by atoms with Crippen molar-refractivity contribution in [2.45, 2.75) is 52.1 Å². The zero-order valence-corrected chi connectivity index (χ0v) is 11.4. The molecule has 18 heavy (non-hydrogen) atoms. The van der Waals surface area contributed by atoms with Crippen molar-refractivity contribution < 1.29 is 0 Å². The molecule has 5 nitrogen and oxygen atoms in total. The normalized spacial score (nSPS) is 16.2. The summed E-state index contributed by atoms with van der Waals surface area (Å²) < 4.78 is 2.11. The van der Waals surface area contributed by atoms with Crippen LogP contribution in [0.3, 0.4) is 0 Å². The van der Waals surface area contributed by atoms with Crippen molar-refractivity contribution in [2.75, 3.05) is 5.32 Å². The lowest BCUT2D eigenvalue weighted by Gasteiger charge is -2.21. The second-order valence-electron chi connectivity index (χ2n) is 6.00. The molecule has 0 aromatic carbocycles. The standard InChI is InChI=1S/C13H19N5/c1-8-15-11(17-9-5-6-9)10-12(16-8)18(7-14-10)13(2,3)4/h7,9H,5-6H2,1-4H3,(H,15,16,17). The van der Waals surface area contributed by atoms with E-state index >= 15 is 0 Å². The Morgan fingerprint density at radius 3 is 2.61 bits per heavy atom. The van der Waals surface area contributed by atoms with E-state index in [0.29, 0.717) is 6.04 Å². The molecule has 2 heterocycles. The maximum atomic E-state index is 4.54. The van der Waals surface area contributed by atoms with E-state index in [4.69, 9.17) is 0 Å². The summed E-state index contributed by atoms with van der Waals surface area (Å²) in [5.41, 5.74) is 1.77. The molecular formula is C13H19N5. The highest BCUT2D eigenvalue weighted by Gasteiger charge is 2.25. The molecule has 1 N–H and O–H groups in total. The molecule has 0 atom stereocenters. The van der Waals surface area contributed by atoms with Crippen LogP contribution in [0.5, 0.6) is 0 Å². The van der Waals surface area contributed by atoms with Crippen molar-refractivity contribution in [3.8, 4) is 0 Å². The zero-order chi connectivity index (χ0) is 12.9. The smallest absolute Gasteiger partial charge is 0.166 e. The topological polar surface area (TPSA) is 55.6 Å². The number of imidazole rings is 1. The van der Waals surface area contributed by atoms with Crippen LogP contribution < -0.4 is 5.32 Å². The van der Waals surface area contributed by atoms with Crippen LogP contribution in [0.25, 0.3) is 11.2 Å². The highest BCUT2D eigenvalue weighted by molar-refractivity contribution is 5.83. The molecule has 0 amide bonds. The van der Waals surface area contributed by atoms with Gasteiger partial charge in [-0.1, -0.05) is 0 Å². The molecule has 1 saturated carbocycles. The van der Waals surface area contributed by atoms with Crippen LogP contribution in [-0.4, -0.2) is 25.6 Å². The fourth-order valence-electron chi connectivity index (χ4n) is 2.02. The Balaban J connectivity index is 2.16. The highest BCUT2D eigenvalue weighted by Crippen LogP contribution is 2.29. The number of aryl methyl sites for hydroxylation is 1. The third-order valence-corrected chi connectivity index (χ3v) is 3.15. The van der Waals surface area contributed by atoms with E-state index in [-0.39, 0.29) is 5.54 Å². The Morgan fingerprint density at radius 2 is 2.00 bits per heavy atom. The van der Waals surface area contributed by atoms with Crippen molar-refractivity contribution in [1.29, 1.82) is 0 Å². The van der Waals surface area contributed by atoms with E-state index in [1.807, 2.05) is 13.3 Å². The average molecular weight is 245 g/mol. The maximum absolute atomic E-state index is 4.54. The van der Waals surface area contributed by atoms with Gasteiger partial charge in [-0.05, 0) is 40.5 Å². The number of hydrogen-bond acceptors (Lipinski definition) is 4. The van der Waals surface area contributed by atoms with Gasteiger partial charge >= 0.3 is 0 Å². The molecule has 0 spiro atoms. The van der Waals surface area contributed by atoms with Crippen LogP contribution >= 0.6 is 0 Å². The summed E-state index contributed by atoms with van der Waals surface area (Å²) >= 11 is 0. The number of nitrogens with zero attached hydrogens (tertiary/aromatic N) is 4. The molecule has 1 aliphatic rings. The van der Waals surface area contributed by atoms with Gasteiger partial charge in [0.05, 0.1) is 6.33 Å². The first kappa shape index (κ1) is 11.4. The molecule has 5 heteroatoms. The monoisotopic (exact) mass is 245 g/mol. The summed E-state index contributed by atoms with van der Waals surface area (Å²) in [6.45, 7) is 8.39. The average Bonchev–Trinajstić information content (AvgIpc) is 2.93. The summed E-state index contributed by atoms with van der Waals surface area (Å²) in [6, 6.07) is 0.572. The molecule has 0 unspecified atom stereocenters. The third kappa shape index (κ3) is 1.94. The largest absolute Gasteiger partial charge is 0.365 e. The molecule has 0 aliphatic heterocycles. The van der Waals surface area contributed by atoms with Crippen molar-refractivity contribution in [3.63, 3.8) is 0 Å². The second-order valence-corrected chi connectivity index (χ2v) is 6.00. The van der Waals surface area contributed by atoms with E-state index in [0.717, 1.165) is 22.8 Å². The lowest BCUT2D eigenvalue weighted by molar-refractivity contribution is 0.406. The molecule has 0 bridgehead atoms. The van der Waals surface area contributed by atoms with Crippen molar-refractivity contribution >= 4 is 17.0 Å². The number of hydrogen-bond donors (Lipinski definition) is 1. The highest BCUT2D eigenvalue weighted by atomic mass is 15.2. The van der Waals surface area contributed by atoms with E-state index in [1.165, 1.54) is 12.8 Å². The van der Waals surface area contributed by atoms with E-state index in [1.54, 1.807) is 0 Å². The minimum Gasteiger partial charge on any atom is -0.365 e. The predicted molar refractivity (Wildman–Crippen MR) is 71.7 cm³/mol. The first-order chi connectivity index (χ1) is 8.45. The number of anilines is 1. The third-order valence-electron chi connectivity index (χ3n) is 3.15. The van der Waals surface area contributed by atoms with E-state index in [9.17, 15) is 0 Å². The van der Waals surface area contributed by atoms with Crippen LogP contribution in [0.2, 0.25) is 0 Å². The molecular weight excluding hydrogens is 226 g/mol. The summed E-state index contributed by atoms with van der Waals surface area (Å²) in [6.07, 6.45) is 4.31. The van der Waals surface area contributed by atoms with Crippen LogP contribution in [0.4, 0.5) is 5.82 Å². The van der Waals surface area contributed by atoms with Gasteiger partial charge in [-0.3, -0.25) is 0 Å². The summed E-state index contributed by atoms with van der Waals surface area (Å²) in [5.74, 6) is 1.67. The van der Waals surface area contributed by atoms with Gasteiger partial charge in [-0.25, -0.2) is 15.0 Å². The van der Waals surface area contributed by atoms with Gasteiger partial charge in [-0.2, -0.15) is 0 Å². The number of aromatic nitrogens is 4. The molecule has 2 aromatic heterocycles. The maximum Gasteiger partial charge on any atom is 0.166 e. The SMILES string of the molecule is Cc1nc(NC2CC2)c2ncn(C(C)(C)C)c2n1. The number of fused-ring (bicyclic) bond motifs is 1. The first-order valence-corrected chi connectivity index (χ1v) is 6.44. The Bertz CT molecular complexity index is 589. The van der Waals surface area contributed by atoms with Gasteiger partial charge in [0.15, 0.2) is 11.5 Å². The Hall–Kier alpha value is -1.65. The minimum atomic E-state index is -0.0214. The van der Waals surface area contributed by atoms with Gasteiger partial charge in [-0.15, -0.1) is 0 Å². The lowest BCUT2D eigenvalue weighted by atomic mass is 10.1. The molecule has 3 rings (SSSR count). The minimum absolute atomic E-state index is 0.0214. The molecule has 0 radical (unpaired) electrons. The summed E-state index contributed by atoms with van der Waals surface area (Å²) in [7, 11) is 0. The fourth-order valence-corrected chi connectivity index (χ4v) is 2.02. The first-order valence-electron chi connectivity index (χ1n) is 6.44. The van der Waals surface area contributed by atoms with Crippen LogP contribution in [0, 0.1) is 6.92 Å². The van der Waals surface area contributed by atoms with Crippen LogP contribution in [-0.2, 0) is 5.54 Å². The molecule has 1 aliphatic carbocycles. The van der Waals surface area contributed by atoms with Crippen molar-refractivity contribution in [3.05, 3.63) is 12.2 Å². The van der Waals surface area contributed by atoms with Gasteiger partial charge < -0.3 is 9.88 Å². The van der Waals surface area contributed by atoms with Gasteiger partial charge in [0.25, 0.3) is 0 Å². The Labute approximate surface area is 107 Å². The van der Waals surface area contributed by atoms with Crippen LogP contribution in [0.1, 0.15) is 39.4 Å². The quantitative estimate of drug-likeness (QED) is 0.883. The fraction of sp³-hybridized carbons (Fsp3) is 0.615. The molecule has 96 valence electrons. The summed E-state index contributed by atoms with van der Waals surface area (Å²) in [4.78, 5) is 13.5. The molecule has 0 saturated heterocycles. The molecule has 1 fully saturated rings. The predicted octanol–water partition coefficient (Wildman–Crippen LogP) is 2.46. The van der Waals surface area contributed by atoms with E-state index in [2.05, 4.69) is 45.6 Å². The van der Waals surface area contributed by atoms with Gasteiger partial charge in [0.2, 0.25) is 0 Å². The van der Waals surface area contributed by atoms with E-state index < -0.39 is 0 Å². The number of nitrogens with one attached hydrogen (secondary N) is 1. The second kappa shape index (κ2) is 3.67. The molecule has 2 aromatic rings. The van der Waals surface area contributed by atoms with Crippen molar-refractivity contribution in [2.24, 2.45) is 0 Å². The zero-order valence-electron chi connectivity index (χ0n) is 11.4. The summed E-state index contributed by atoms with van der Waals surface area (Å²) in [5, 5.41) is 3.44.